The average Bonchev–Trinajstić information content (AvgIpc) is 3.05. The highest BCUT2D eigenvalue weighted by atomic mass is 35.5. The van der Waals surface area contributed by atoms with Crippen molar-refractivity contribution in [3.8, 4) is 11.1 Å². The summed E-state index contributed by atoms with van der Waals surface area (Å²) in [5, 5.41) is 11.5. The van der Waals surface area contributed by atoms with E-state index in [4.69, 9.17) is 23.2 Å². The maximum atomic E-state index is 6.23. The van der Waals surface area contributed by atoms with E-state index >= 15 is 0 Å². The van der Waals surface area contributed by atoms with Crippen LogP contribution in [-0.2, 0) is 0 Å². The predicted octanol–water partition coefficient (Wildman–Crippen LogP) is 5.43. The molecule has 130 valence electrons. The van der Waals surface area contributed by atoms with Crippen molar-refractivity contribution in [3.05, 3.63) is 75.5 Å². The highest BCUT2D eigenvalue weighted by Crippen LogP contribution is 2.33. The number of hydrogen-bond donors (Lipinski definition) is 2. The third-order valence-corrected chi connectivity index (χ3v) is 5.22. The molecule has 25 heavy (non-hydrogen) atoms. The Balaban J connectivity index is 1.93. The number of halogens is 2. The van der Waals surface area contributed by atoms with E-state index < -0.39 is 0 Å². The summed E-state index contributed by atoms with van der Waals surface area (Å²) >= 11 is 12.3. The van der Waals surface area contributed by atoms with Gasteiger partial charge < -0.3 is 5.32 Å². The molecule has 3 nitrogen and oxygen atoms in total. The van der Waals surface area contributed by atoms with Crippen molar-refractivity contribution >= 4 is 23.2 Å². The van der Waals surface area contributed by atoms with Gasteiger partial charge in [-0.3, -0.25) is 5.10 Å². The van der Waals surface area contributed by atoms with Crippen LogP contribution in [0.2, 0.25) is 10.0 Å². The minimum atomic E-state index is 0.265. The molecular formula is C20H21Cl2N3. The van der Waals surface area contributed by atoms with Gasteiger partial charge in [0.25, 0.3) is 0 Å². The summed E-state index contributed by atoms with van der Waals surface area (Å²) in [7, 11) is 1.97. The smallest absolute Gasteiger partial charge is 0.0595 e. The molecule has 1 atom stereocenters. The fraction of sp³-hybridized carbons (Fsp3) is 0.250. The molecule has 0 fully saturated rings. The number of aromatic nitrogens is 2. The number of aryl methyl sites for hydroxylation is 1. The van der Waals surface area contributed by atoms with Gasteiger partial charge in [0.05, 0.1) is 16.2 Å². The Hall–Kier alpha value is -1.81. The lowest BCUT2D eigenvalue weighted by molar-refractivity contribution is 0.662. The van der Waals surface area contributed by atoms with E-state index in [0.29, 0.717) is 10.0 Å². The molecule has 0 amide bonds. The molecule has 0 radical (unpaired) electrons. The van der Waals surface area contributed by atoms with Crippen LogP contribution in [0.4, 0.5) is 0 Å². The number of H-pyrrole nitrogens is 1. The molecule has 3 aromatic rings. The first-order valence-electron chi connectivity index (χ1n) is 8.30. The van der Waals surface area contributed by atoms with Crippen LogP contribution in [0.15, 0.2) is 48.7 Å². The van der Waals surface area contributed by atoms with E-state index in [1.807, 2.05) is 32.3 Å². The van der Waals surface area contributed by atoms with Gasteiger partial charge in [-0.1, -0.05) is 53.5 Å². The summed E-state index contributed by atoms with van der Waals surface area (Å²) < 4.78 is 0. The van der Waals surface area contributed by atoms with Crippen LogP contribution < -0.4 is 5.32 Å². The quantitative estimate of drug-likeness (QED) is 0.604. The van der Waals surface area contributed by atoms with E-state index in [0.717, 1.165) is 29.8 Å². The molecule has 0 aliphatic rings. The normalized spacial score (nSPS) is 12.3. The van der Waals surface area contributed by atoms with Crippen molar-refractivity contribution in [2.75, 3.05) is 13.6 Å². The summed E-state index contributed by atoms with van der Waals surface area (Å²) in [6, 6.07) is 14.6. The standard InChI is InChI=1S/C20H21Cl2N3/c1-13-18(12-24-25-13)15-5-3-14(4-6-15)17(9-10-23-2)16-7-8-19(21)20(22)11-16/h3-8,11-12,17,23H,9-10H2,1-2H3,(H,24,25). The zero-order valence-electron chi connectivity index (χ0n) is 14.3. The fourth-order valence-electron chi connectivity index (χ4n) is 3.08. The Bertz CT molecular complexity index is 840. The first-order chi connectivity index (χ1) is 12.1. The van der Waals surface area contributed by atoms with Gasteiger partial charge in [0.2, 0.25) is 0 Å². The first kappa shape index (κ1) is 18.0. The number of benzene rings is 2. The number of aromatic amines is 1. The van der Waals surface area contributed by atoms with Crippen molar-refractivity contribution in [1.82, 2.24) is 15.5 Å². The van der Waals surface area contributed by atoms with Gasteiger partial charge in [-0.15, -0.1) is 0 Å². The number of nitrogens with one attached hydrogen (secondary N) is 2. The molecule has 2 N–H and O–H groups in total. The molecule has 0 aliphatic carbocycles. The van der Waals surface area contributed by atoms with Crippen LogP contribution >= 0.6 is 23.2 Å². The van der Waals surface area contributed by atoms with Gasteiger partial charge >= 0.3 is 0 Å². The largest absolute Gasteiger partial charge is 0.320 e. The van der Waals surface area contributed by atoms with E-state index in [-0.39, 0.29) is 5.92 Å². The maximum Gasteiger partial charge on any atom is 0.0595 e. The van der Waals surface area contributed by atoms with Crippen LogP contribution in [0.25, 0.3) is 11.1 Å². The molecule has 5 heteroatoms. The lowest BCUT2D eigenvalue weighted by atomic mass is 9.87. The van der Waals surface area contributed by atoms with Gasteiger partial charge in [-0.2, -0.15) is 5.10 Å². The molecule has 3 rings (SSSR count). The van der Waals surface area contributed by atoms with Gasteiger partial charge in [0.15, 0.2) is 0 Å². The van der Waals surface area contributed by atoms with Crippen molar-refractivity contribution < 1.29 is 0 Å². The lowest BCUT2D eigenvalue weighted by Gasteiger charge is -2.19. The zero-order chi connectivity index (χ0) is 17.8. The number of nitrogens with zero attached hydrogens (tertiary/aromatic N) is 1. The molecule has 0 aliphatic heterocycles. The van der Waals surface area contributed by atoms with Gasteiger partial charge in [-0.25, -0.2) is 0 Å². The molecule has 0 saturated heterocycles. The second-order valence-corrected chi connectivity index (χ2v) is 6.96. The summed E-state index contributed by atoms with van der Waals surface area (Å²) in [6.07, 6.45) is 2.85. The van der Waals surface area contributed by atoms with Gasteiger partial charge in [0.1, 0.15) is 0 Å². The summed E-state index contributed by atoms with van der Waals surface area (Å²) in [5.74, 6) is 0.265. The van der Waals surface area contributed by atoms with Crippen molar-refractivity contribution in [2.24, 2.45) is 0 Å². The highest BCUT2D eigenvalue weighted by molar-refractivity contribution is 6.42. The predicted molar refractivity (Wildman–Crippen MR) is 106 cm³/mol. The number of hydrogen-bond acceptors (Lipinski definition) is 2. The summed E-state index contributed by atoms with van der Waals surface area (Å²) in [6.45, 7) is 2.95. The third-order valence-electron chi connectivity index (χ3n) is 4.48. The average molecular weight is 374 g/mol. The van der Waals surface area contributed by atoms with Crippen LogP contribution in [0.1, 0.15) is 29.2 Å². The third kappa shape index (κ3) is 4.06. The maximum absolute atomic E-state index is 6.23. The topological polar surface area (TPSA) is 40.7 Å². The van der Waals surface area contributed by atoms with Crippen molar-refractivity contribution in [2.45, 2.75) is 19.3 Å². The van der Waals surface area contributed by atoms with Crippen molar-refractivity contribution in [3.63, 3.8) is 0 Å². The molecule has 0 bridgehead atoms. The van der Waals surface area contributed by atoms with E-state index in [1.165, 1.54) is 11.1 Å². The van der Waals surface area contributed by atoms with Crippen LogP contribution in [-0.4, -0.2) is 23.8 Å². The molecule has 2 aromatic carbocycles. The Morgan fingerprint density at radius 2 is 1.76 bits per heavy atom. The molecule has 1 unspecified atom stereocenters. The molecule has 1 heterocycles. The summed E-state index contributed by atoms with van der Waals surface area (Å²) in [5.41, 5.74) is 5.81. The van der Waals surface area contributed by atoms with E-state index in [9.17, 15) is 0 Å². The van der Waals surface area contributed by atoms with Gasteiger partial charge in [-0.05, 0) is 55.8 Å². The second-order valence-electron chi connectivity index (χ2n) is 6.15. The second kappa shape index (κ2) is 8.05. The van der Waals surface area contributed by atoms with Crippen LogP contribution in [0.3, 0.4) is 0 Å². The molecule has 0 spiro atoms. The Morgan fingerprint density at radius 3 is 2.36 bits per heavy atom. The van der Waals surface area contributed by atoms with Crippen molar-refractivity contribution in [1.29, 1.82) is 0 Å². The Labute approximate surface area is 158 Å². The number of rotatable bonds is 6. The minimum absolute atomic E-state index is 0.265. The first-order valence-corrected chi connectivity index (χ1v) is 9.05. The monoisotopic (exact) mass is 373 g/mol. The van der Waals surface area contributed by atoms with Crippen LogP contribution in [0, 0.1) is 6.92 Å². The Kier molecular flexibility index (Phi) is 5.79. The molecule has 1 aromatic heterocycles. The lowest BCUT2D eigenvalue weighted by Crippen LogP contribution is -2.13. The van der Waals surface area contributed by atoms with Crippen LogP contribution in [0.5, 0.6) is 0 Å². The SMILES string of the molecule is CNCCC(c1ccc(-c2cn[nH]c2C)cc1)c1ccc(Cl)c(Cl)c1. The zero-order valence-corrected chi connectivity index (χ0v) is 15.8. The Morgan fingerprint density at radius 1 is 1.04 bits per heavy atom. The molecular weight excluding hydrogens is 353 g/mol. The highest BCUT2D eigenvalue weighted by Gasteiger charge is 2.16. The van der Waals surface area contributed by atoms with Gasteiger partial charge in [0, 0.05) is 17.2 Å². The summed E-state index contributed by atoms with van der Waals surface area (Å²) in [4.78, 5) is 0. The van der Waals surface area contributed by atoms with E-state index in [2.05, 4.69) is 45.8 Å². The van der Waals surface area contributed by atoms with E-state index in [1.54, 1.807) is 0 Å². The minimum Gasteiger partial charge on any atom is -0.320 e. The fourth-order valence-corrected chi connectivity index (χ4v) is 3.39. The molecule has 0 saturated carbocycles.